The number of benzene rings is 4. The highest BCUT2D eigenvalue weighted by molar-refractivity contribution is 6.05. The van der Waals surface area contributed by atoms with Crippen LogP contribution in [0.2, 0.25) is 0 Å². The fraction of sp³-hybridized carbons (Fsp3) is 0.367. The van der Waals surface area contributed by atoms with Crippen molar-refractivity contribution in [1.29, 1.82) is 0 Å². The summed E-state index contributed by atoms with van der Waals surface area (Å²) in [4.78, 5) is 37.1. The molecule has 1 saturated carbocycles. The summed E-state index contributed by atoms with van der Waals surface area (Å²) >= 11 is 0. The highest BCUT2D eigenvalue weighted by atomic mass is 16.5. The third kappa shape index (κ3) is 10.4. The molecule has 4 bridgehead atoms. The van der Waals surface area contributed by atoms with Crippen LogP contribution in [0, 0.1) is 17.8 Å². The lowest BCUT2D eigenvalue weighted by atomic mass is 9.67. The molecule has 3 heterocycles. The van der Waals surface area contributed by atoms with Crippen molar-refractivity contribution in [1.82, 2.24) is 9.97 Å². The van der Waals surface area contributed by atoms with Crippen LogP contribution in [0.1, 0.15) is 119 Å². The number of aromatic hydroxyl groups is 2. The Labute approximate surface area is 410 Å². The van der Waals surface area contributed by atoms with Crippen molar-refractivity contribution in [2.24, 2.45) is 17.8 Å². The number of aromatic amines is 2. The van der Waals surface area contributed by atoms with Crippen LogP contribution in [0.4, 0.5) is 5.82 Å². The van der Waals surface area contributed by atoms with E-state index in [0.29, 0.717) is 56.4 Å². The van der Waals surface area contributed by atoms with Crippen molar-refractivity contribution in [3.63, 3.8) is 0 Å². The smallest absolute Gasteiger partial charge is 0.161 e. The zero-order chi connectivity index (χ0) is 48.1. The van der Waals surface area contributed by atoms with Crippen LogP contribution < -0.4 is 10.1 Å². The van der Waals surface area contributed by atoms with Gasteiger partial charge in [-0.05, 0) is 157 Å². The number of hydrogen-bond acceptors (Lipinski definition) is 8. The normalized spacial score (nSPS) is 21.1. The molecule has 0 amide bonds. The van der Waals surface area contributed by atoms with Gasteiger partial charge in [0.2, 0.25) is 0 Å². The van der Waals surface area contributed by atoms with Crippen LogP contribution in [0.3, 0.4) is 0 Å². The summed E-state index contributed by atoms with van der Waals surface area (Å²) < 4.78 is 6.51. The maximum absolute atomic E-state index is 15.6. The van der Waals surface area contributed by atoms with Crippen LogP contribution >= 0.6 is 0 Å². The number of nitrogens with one attached hydrogen (secondary N) is 3. The third-order valence-electron chi connectivity index (χ3n) is 15.4. The average Bonchev–Trinajstić information content (AvgIpc) is 4.13. The number of aliphatic hydroxyl groups excluding tert-OH is 2. The lowest BCUT2D eigenvalue weighted by Gasteiger charge is -2.36. The van der Waals surface area contributed by atoms with Gasteiger partial charge in [0, 0.05) is 73.5 Å². The van der Waals surface area contributed by atoms with Gasteiger partial charge in [-0.25, -0.2) is 0 Å². The highest BCUT2D eigenvalue weighted by Gasteiger charge is 2.42. The Morgan fingerprint density at radius 1 is 0.757 bits per heavy atom. The van der Waals surface area contributed by atoms with Gasteiger partial charge in [0.1, 0.15) is 17.4 Å². The molecule has 70 heavy (non-hydrogen) atoms. The summed E-state index contributed by atoms with van der Waals surface area (Å²) in [6, 6.07) is 30.1. The molecule has 7 N–H and O–H groups in total. The number of rotatable bonds is 10. The number of ketones is 2. The Morgan fingerprint density at radius 3 is 2.43 bits per heavy atom. The van der Waals surface area contributed by atoms with E-state index in [-0.39, 0.29) is 60.5 Å². The second kappa shape index (κ2) is 21.2. The van der Waals surface area contributed by atoms with Gasteiger partial charge in [-0.15, -0.1) is 0 Å². The number of carbonyl (C=O) groups is 2. The first kappa shape index (κ1) is 47.1. The topological polar surface area (TPSA) is 168 Å². The second-order valence-electron chi connectivity index (χ2n) is 20.2. The molecule has 0 unspecified atom stereocenters. The first-order chi connectivity index (χ1) is 34.2. The van der Waals surface area contributed by atoms with Crippen LogP contribution in [0.15, 0.2) is 115 Å². The van der Waals surface area contributed by atoms with E-state index in [0.717, 1.165) is 106 Å². The van der Waals surface area contributed by atoms with Crippen molar-refractivity contribution in [3.05, 3.63) is 176 Å². The maximum Gasteiger partial charge on any atom is 0.161 e. The van der Waals surface area contributed by atoms with Gasteiger partial charge in [0.25, 0.3) is 0 Å². The molecule has 0 spiro atoms. The number of carbonyl (C=O) groups excluding carboxylic acids is 2. The molecule has 0 saturated heterocycles. The van der Waals surface area contributed by atoms with Crippen molar-refractivity contribution >= 4 is 29.5 Å². The Balaban J connectivity index is 1.04. The van der Waals surface area contributed by atoms with Crippen LogP contribution in [0.5, 0.6) is 17.2 Å². The van der Waals surface area contributed by atoms with Crippen LogP contribution in [0.25, 0.3) is 12.2 Å². The van der Waals surface area contributed by atoms with Crippen LogP contribution in [-0.4, -0.2) is 67.3 Å². The van der Waals surface area contributed by atoms with Crippen LogP contribution in [-0.2, 0) is 48.1 Å². The van der Waals surface area contributed by atoms with E-state index in [1.165, 1.54) is 0 Å². The minimum atomic E-state index is -1.03. The van der Waals surface area contributed by atoms with Gasteiger partial charge >= 0.3 is 0 Å². The van der Waals surface area contributed by atoms with Gasteiger partial charge in [-0.3, -0.25) is 9.59 Å². The predicted molar refractivity (Wildman–Crippen MR) is 274 cm³/mol. The second-order valence-corrected chi connectivity index (χ2v) is 20.2. The number of anilines is 1. The molecule has 1 fully saturated rings. The van der Waals surface area contributed by atoms with Gasteiger partial charge in [-0.2, -0.15) is 0 Å². The zero-order valence-corrected chi connectivity index (χ0v) is 39.8. The molecular formula is C60H65N3O7. The summed E-state index contributed by atoms with van der Waals surface area (Å²) in [5.41, 5.74) is 11.5. The summed E-state index contributed by atoms with van der Waals surface area (Å²) in [5, 5.41) is 48.4. The lowest BCUT2D eigenvalue weighted by Crippen LogP contribution is -2.38. The van der Waals surface area contributed by atoms with E-state index < -0.39 is 17.9 Å². The number of allylic oxidation sites excluding steroid dienone is 1. The zero-order valence-electron chi connectivity index (χ0n) is 39.8. The number of Topliss-reactive ketones (excluding diaryl/α,β-unsaturated/α-hetero) is 2. The first-order valence-electron chi connectivity index (χ1n) is 25.5. The van der Waals surface area contributed by atoms with Crippen molar-refractivity contribution in [2.75, 3.05) is 18.5 Å². The molecule has 0 radical (unpaired) electrons. The molecule has 10 heteroatoms. The van der Waals surface area contributed by atoms with E-state index in [4.69, 9.17) is 4.74 Å². The minimum Gasteiger partial charge on any atom is -0.507 e. The standard InChI is InChI=1S/C60H65N3O7/c64-26-23-51-55(67)20-16-40-29-45(58(68)56(32-40)70-48-10-4-5-11-48)28-39-14-18-42(34-47(65)30-37-7-2-1-3-8-37)44(27-39)33-43-21-24-62-60(43)63-36-46-35-53-50(22-25-61-53)52(57(46)59(51)69)31-38-13-17-41-9-6-12-54(66)49(41)19-15-38/h1-3,6-9,12,14-15,18-19,21-22,24-25,27,29,32,35,38,47-48,51-52,57,61-66,68H,4-5,10-11,13,16-17,20,23,26,28,30-31,33-34,36H2/t38-,47+,51-,52+,57-/m0/s1. The van der Waals surface area contributed by atoms with Crippen molar-refractivity contribution < 1.29 is 34.8 Å². The molecule has 10 rings (SSSR count). The number of aliphatic hydroxyl groups is 2. The summed E-state index contributed by atoms with van der Waals surface area (Å²) in [6.07, 6.45) is 18.1. The molecule has 4 aromatic carbocycles. The number of hydrogen-bond donors (Lipinski definition) is 7. The molecular weight excluding hydrogens is 875 g/mol. The quantitative estimate of drug-likeness (QED) is 0.0667. The van der Waals surface area contributed by atoms with E-state index >= 15 is 4.79 Å². The molecule has 4 aliphatic rings. The Kier molecular flexibility index (Phi) is 14.2. The number of H-pyrrole nitrogens is 2. The Morgan fingerprint density at radius 2 is 1.59 bits per heavy atom. The van der Waals surface area contributed by atoms with E-state index in [1.807, 2.05) is 67.0 Å². The first-order valence-corrected chi connectivity index (χ1v) is 25.5. The third-order valence-corrected chi connectivity index (χ3v) is 15.4. The Hall–Kier alpha value is -6.62. The number of aromatic nitrogens is 2. The molecule has 1 aliphatic heterocycles. The molecule has 6 aromatic rings. The minimum absolute atomic E-state index is 0.00352. The summed E-state index contributed by atoms with van der Waals surface area (Å²) in [5.74, 6) is -0.694. The van der Waals surface area contributed by atoms with E-state index in [1.54, 1.807) is 6.07 Å². The predicted octanol–water partition coefficient (Wildman–Crippen LogP) is 10.4. The molecule has 10 nitrogen and oxygen atoms in total. The van der Waals surface area contributed by atoms with Crippen molar-refractivity contribution in [2.45, 2.75) is 108 Å². The number of ether oxygens (including phenoxy) is 1. The molecule has 3 aliphatic carbocycles. The van der Waals surface area contributed by atoms with Gasteiger partial charge < -0.3 is 40.4 Å². The monoisotopic (exact) mass is 939 g/mol. The summed E-state index contributed by atoms with van der Waals surface area (Å²) in [7, 11) is 0. The van der Waals surface area contributed by atoms with E-state index in [9.17, 15) is 25.2 Å². The van der Waals surface area contributed by atoms with Crippen molar-refractivity contribution in [3.8, 4) is 17.2 Å². The fourth-order valence-electron chi connectivity index (χ4n) is 11.8. The average molecular weight is 940 g/mol. The molecule has 5 atom stereocenters. The largest absolute Gasteiger partial charge is 0.507 e. The number of fused-ring (bicyclic) bond motifs is 8. The highest BCUT2D eigenvalue weighted by Crippen LogP contribution is 2.46. The van der Waals surface area contributed by atoms with Gasteiger partial charge in [0.15, 0.2) is 17.3 Å². The lowest BCUT2D eigenvalue weighted by molar-refractivity contribution is -0.135. The maximum atomic E-state index is 15.6. The molecule has 362 valence electrons. The fourth-order valence-corrected chi connectivity index (χ4v) is 11.8. The SMILES string of the molecule is O=C1CCc2cc(c(O)c(OC3CCCC3)c2)Cc2ccc(C[C@H](O)Cc3ccccc3)c(c2)Cc2cc[nH]c2NCC2=Cc3[nH]ccc3[C@@H](C[C@@H]3C=Cc4c(O)cccc4CC3)[C@H]2C(=O)[C@H]1CCO. The van der Waals surface area contributed by atoms with E-state index in [2.05, 4.69) is 63.8 Å². The number of phenolic OH excluding ortho intramolecular Hbond substituents is 2. The number of aryl methyl sites for hydroxylation is 2. The Bertz CT molecular complexity index is 2890. The van der Waals surface area contributed by atoms with Gasteiger partial charge in [-0.1, -0.05) is 78.9 Å². The summed E-state index contributed by atoms with van der Waals surface area (Å²) in [6.45, 7) is 0.0218. The van der Waals surface area contributed by atoms with Gasteiger partial charge in [0.05, 0.1) is 18.1 Å². The number of phenols is 2. The molecule has 2 aromatic heterocycles.